The van der Waals surface area contributed by atoms with Crippen LogP contribution >= 0.6 is 0 Å². The number of hydrogen-bond acceptors (Lipinski definition) is 4. The molecule has 1 saturated heterocycles. The number of anilines is 1. The lowest BCUT2D eigenvalue weighted by atomic mass is 9.55. The molecule has 0 bridgehead atoms. The van der Waals surface area contributed by atoms with E-state index in [1.165, 1.54) is 23.8 Å². The maximum absolute atomic E-state index is 13.0. The zero-order valence-corrected chi connectivity index (χ0v) is 18.2. The fourth-order valence-corrected chi connectivity index (χ4v) is 6.87. The molecule has 3 aliphatic heterocycles. The van der Waals surface area contributed by atoms with Crippen molar-refractivity contribution in [2.45, 2.75) is 37.6 Å². The Bertz CT molecular complexity index is 1140. The fourth-order valence-electron chi connectivity index (χ4n) is 6.87. The molecule has 4 aliphatic rings. The predicted octanol–water partition coefficient (Wildman–Crippen LogP) is 4.89. The van der Waals surface area contributed by atoms with E-state index in [1.54, 1.807) is 0 Å². The summed E-state index contributed by atoms with van der Waals surface area (Å²) in [4.78, 5) is 15.6. The van der Waals surface area contributed by atoms with Crippen molar-refractivity contribution >= 4 is 11.7 Å². The third kappa shape index (κ3) is 2.37. The minimum atomic E-state index is -0.193. The zero-order valence-electron chi connectivity index (χ0n) is 18.2. The number of fused-ring (bicyclic) bond motifs is 1. The first kappa shape index (κ1) is 18.9. The lowest BCUT2D eigenvalue weighted by Crippen LogP contribution is -2.58. The van der Waals surface area contributed by atoms with Crippen LogP contribution in [-0.2, 0) is 14.9 Å². The molecule has 3 heterocycles. The minimum absolute atomic E-state index is 0.0478. The van der Waals surface area contributed by atoms with Gasteiger partial charge in [0.15, 0.2) is 0 Å². The van der Waals surface area contributed by atoms with E-state index in [9.17, 15) is 4.79 Å². The Hall–Kier alpha value is -2.85. The maximum Gasteiger partial charge on any atom is 0.335 e. The molecule has 4 nitrogen and oxygen atoms in total. The third-order valence-electron chi connectivity index (χ3n) is 8.17. The number of nitrogens with one attached hydrogen (secondary N) is 1. The number of carbonyl (C=O) groups is 1. The monoisotopic (exact) mass is 412 g/mol. The van der Waals surface area contributed by atoms with E-state index in [0.29, 0.717) is 6.04 Å². The van der Waals surface area contributed by atoms with Gasteiger partial charge in [-0.15, -0.1) is 0 Å². The van der Waals surface area contributed by atoms with E-state index >= 15 is 0 Å². The van der Waals surface area contributed by atoms with E-state index in [1.807, 2.05) is 0 Å². The van der Waals surface area contributed by atoms with Crippen LogP contribution in [0.3, 0.4) is 0 Å². The van der Waals surface area contributed by atoms with Crippen molar-refractivity contribution in [2.24, 2.45) is 5.41 Å². The standard InChI is InChI=1S/C27H28N2O2/c1-3-26-12-7-14-29-15-13-27(25(26)29)21-16-19(18-8-5-4-6-9-18)10-11-22(21)28-23(27)20(17-26)24(30)31-2/h4-12,16,25,28H,3,13-15,17H2,1-2H3/t25-,26-,27-/m0/s1. The lowest BCUT2D eigenvalue weighted by molar-refractivity contribution is -0.137. The van der Waals surface area contributed by atoms with Gasteiger partial charge < -0.3 is 10.1 Å². The largest absolute Gasteiger partial charge is 0.466 e. The van der Waals surface area contributed by atoms with Gasteiger partial charge in [-0.3, -0.25) is 4.90 Å². The van der Waals surface area contributed by atoms with E-state index in [4.69, 9.17) is 4.74 Å². The van der Waals surface area contributed by atoms with Gasteiger partial charge in [-0.1, -0.05) is 55.5 Å². The number of methoxy groups -OCH3 is 1. The van der Waals surface area contributed by atoms with Crippen LogP contribution in [0.4, 0.5) is 5.69 Å². The summed E-state index contributed by atoms with van der Waals surface area (Å²) in [7, 11) is 1.50. The molecule has 2 aromatic rings. The van der Waals surface area contributed by atoms with Gasteiger partial charge in [0, 0.05) is 35.9 Å². The molecule has 1 N–H and O–H groups in total. The molecular formula is C27H28N2O2. The highest BCUT2D eigenvalue weighted by Gasteiger charge is 2.65. The van der Waals surface area contributed by atoms with Gasteiger partial charge in [0.05, 0.1) is 18.1 Å². The molecule has 0 radical (unpaired) electrons. The van der Waals surface area contributed by atoms with Crippen LogP contribution in [-0.4, -0.2) is 37.1 Å². The molecule has 0 amide bonds. The van der Waals surface area contributed by atoms with Crippen molar-refractivity contribution < 1.29 is 9.53 Å². The number of rotatable bonds is 3. The average molecular weight is 413 g/mol. The third-order valence-corrected chi connectivity index (χ3v) is 8.17. The van der Waals surface area contributed by atoms with Gasteiger partial charge in [-0.2, -0.15) is 0 Å². The molecular weight excluding hydrogens is 384 g/mol. The van der Waals surface area contributed by atoms with Crippen LogP contribution < -0.4 is 5.32 Å². The molecule has 4 heteroatoms. The number of benzene rings is 2. The van der Waals surface area contributed by atoms with Gasteiger partial charge in [0.1, 0.15) is 0 Å². The van der Waals surface area contributed by atoms with Crippen LogP contribution in [0.1, 0.15) is 31.7 Å². The second kappa shape index (κ2) is 6.57. The van der Waals surface area contributed by atoms with E-state index < -0.39 is 0 Å². The fraction of sp³-hybridized carbons (Fsp3) is 0.370. The first-order valence-electron chi connectivity index (χ1n) is 11.3. The molecule has 158 valence electrons. The van der Waals surface area contributed by atoms with Crippen molar-refractivity contribution in [1.82, 2.24) is 4.90 Å². The molecule has 2 aromatic carbocycles. The second-order valence-corrected chi connectivity index (χ2v) is 9.38. The highest BCUT2D eigenvalue weighted by atomic mass is 16.5. The molecule has 3 atom stereocenters. The summed E-state index contributed by atoms with van der Waals surface area (Å²) in [5.41, 5.74) is 6.61. The number of ether oxygens (including phenoxy) is 1. The molecule has 1 fully saturated rings. The molecule has 6 rings (SSSR count). The van der Waals surface area contributed by atoms with Gasteiger partial charge in [-0.05, 0) is 48.1 Å². The van der Waals surface area contributed by atoms with Crippen molar-refractivity contribution in [1.29, 1.82) is 0 Å². The van der Waals surface area contributed by atoms with Crippen molar-refractivity contribution in [2.75, 3.05) is 25.5 Å². The molecule has 31 heavy (non-hydrogen) atoms. The van der Waals surface area contributed by atoms with E-state index in [2.05, 4.69) is 77.8 Å². The Morgan fingerprint density at radius 1 is 1.19 bits per heavy atom. The molecule has 0 aromatic heterocycles. The number of nitrogens with zero attached hydrogens (tertiary/aromatic N) is 1. The smallest absolute Gasteiger partial charge is 0.335 e. The zero-order chi connectivity index (χ0) is 21.2. The number of hydrogen-bond donors (Lipinski definition) is 1. The summed E-state index contributed by atoms with van der Waals surface area (Å²) in [6.07, 6.45) is 7.48. The summed E-state index contributed by atoms with van der Waals surface area (Å²) in [5, 5.41) is 3.70. The quantitative estimate of drug-likeness (QED) is 0.576. The van der Waals surface area contributed by atoms with Crippen molar-refractivity contribution in [3.8, 4) is 11.1 Å². The normalized spacial score (nSPS) is 30.5. The Morgan fingerprint density at radius 3 is 2.81 bits per heavy atom. The predicted molar refractivity (Wildman–Crippen MR) is 123 cm³/mol. The van der Waals surface area contributed by atoms with Gasteiger partial charge in [0.25, 0.3) is 0 Å². The Balaban J connectivity index is 1.62. The first-order valence-corrected chi connectivity index (χ1v) is 11.3. The van der Waals surface area contributed by atoms with Crippen LogP contribution in [0.25, 0.3) is 11.1 Å². The van der Waals surface area contributed by atoms with E-state index in [-0.39, 0.29) is 16.8 Å². The summed E-state index contributed by atoms with van der Waals surface area (Å²) >= 11 is 0. The average Bonchev–Trinajstić information content (AvgIpc) is 3.38. The van der Waals surface area contributed by atoms with E-state index in [0.717, 1.165) is 49.3 Å². The van der Waals surface area contributed by atoms with Gasteiger partial charge in [-0.25, -0.2) is 4.79 Å². The van der Waals surface area contributed by atoms with Crippen LogP contribution in [0.2, 0.25) is 0 Å². The Labute approximate surface area is 183 Å². The lowest BCUT2D eigenvalue weighted by Gasteiger charge is -2.53. The van der Waals surface area contributed by atoms with Crippen molar-refractivity contribution in [3.05, 3.63) is 77.5 Å². The summed E-state index contributed by atoms with van der Waals surface area (Å²) in [6, 6.07) is 17.7. The molecule has 1 aliphatic carbocycles. The minimum Gasteiger partial charge on any atom is -0.466 e. The van der Waals surface area contributed by atoms with Crippen LogP contribution in [0.5, 0.6) is 0 Å². The first-order chi connectivity index (χ1) is 15.1. The van der Waals surface area contributed by atoms with Crippen LogP contribution in [0.15, 0.2) is 72.0 Å². The second-order valence-electron chi connectivity index (χ2n) is 9.38. The molecule has 1 spiro atoms. The topological polar surface area (TPSA) is 41.6 Å². The van der Waals surface area contributed by atoms with Gasteiger partial charge in [0.2, 0.25) is 0 Å². The molecule has 0 unspecified atom stereocenters. The molecule has 0 saturated carbocycles. The summed E-state index contributed by atoms with van der Waals surface area (Å²) in [5.74, 6) is -0.193. The summed E-state index contributed by atoms with van der Waals surface area (Å²) in [6.45, 7) is 4.30. The highest BCUT2D eigenvalue weighted by Crippen LogP contribution is 2.64. The number of esters is 1. The SMILES string of the molecule is CC[C@]12C=CCN3CC[C@]4(C(=C(C(=O)OC)C1)Nc1ccc(-c5ccccc5)cc14)[C@@H]32. The Morgan fingerprint density at radius 2 is 2.03 bits per heavy atom. The summed E-state index contributed by atoms with van der Waals surface area (Å²) < 4.78 is 5.29. The van der Waals surface area contributed by atoms with Gasteiger partial charge >= 0.3 is 5.97 Å². The Kier molecular flexibility index (Phi) is 4.00. The highest BCUT2D eigenvalue weighted by molar-refractivity contribution is 5.93. The maximum atomic E-state index is 13.0. The van der Waals surface area contributed by atoms with Crippen molar-refractivity contribution in [3.63, 3.8) is 0 Å². The number of carbonyl (C=O) groups excluding carboxylic acids is 1. The van der Waals surface area contributed by atoms with Crippen LogP contribution in [0, 0.1) is 5.41 Å².